The number of carbonyl (C=O) groups excluding carboxylic acids is 1. The molecule has 1 aliphatic rings. The fourth-order valence-corrected chi connectivity index (χ4v) is 4.93. The van der Waals surface area contributed by atoms with Crippen LogP contribution in [-0.2, 0) is 20.8 Å². The van der Waals surface area contributed by atoms with E-state index in [0.29, 0.717) is 43.3 Å². The van der Waals surface area contributed by atoms with Crippen LogP contribution in [0.2, 0.25) is 0 Å². The molecule has 3 heterocycles. The Hall–Kier alpha value is -1.38. The summed E-state index contributed by atoms with van der Waals surface area (Å²) in [6.07, 6.45) is 1.38. The zero-order valence-electron chi connectivity index (χ0n) is 14.7. The van der Waals surface area contributed by atoms with Crippen molar-refractivity contribution in [2.75, 3.05) is 19.8 Å². The van der Waals surface area contributed by atoms with E-state index < -0.39 is 0 Å². The summed E-state index contributed by atoms with van der Waals surface area (Å²) < 4.78 is 12.1. The number of rotatable bonds is 7. The van der Waals surface area contributed by atoms with Crippen LogP contribution in [0, 0.1) is 13.8 Å². The second kappa shape index (κ2) is 7.88. The molecule has 1 atom stereocenters. The first kappa shape index (κ1) is 18.4. The molecule has 0 bridgehead atoms. The van der Waals surface area contributed by atoms with Gasteiger partial charge in [-0.25, -0.2) is 4.98 Å². The lowest BCUT2D eigenvalue weighted by Crippen LogP contribution is -2.25. The number of aromatic nitrogens is 2. The van der Waals surface area contributed by atoms with Crippen molar-refractivity contribution in [2.24, 2.45) is 0 Å². The van der Waals surface area contributed by atoms with Crippen molar-refractivity contribution in [1.82, 2.24) is 9.55 Å². The number of esters is 1. The Morgan fingerprint density at radius 2 is 2.20 bits per heavy atom. The number of aryl methyl sites for hydroxylation is 2. The molecule has 1 saturated heterocycles. The Bertz CT molecular complexity index is 843. The summed E-state index contributed by atoms with van der Waals surface area (Å²) in [7, 11) is 0. The summed E-state index contributed by atoms with van der Waals surface area (Å²) in [4.78, 5) is 31.4. The van der Waals surface area contributed by atoms with Gasteiger partial charge in [0.25, 0.3) is 5.56 Å². The van der Waals surface area contributed by atoms with Gasteiger partial charge in [0.2, 0.25) is 0 Å². The highest BCUT2D eigenvalue weighted by molar-refractivity contribution is 8.00. The molecule has 2 aromatic rings. The topological polar surface area (TPSA) is 70.4 Å². The number of ether oxygens (including phenoxy) is 2. The minimum absolute atomic E-state index is 0.0304. The third-order valence-corrected chi connectivity index (χ3v) is 6.60. The van der Waals surface area contributed by atoms with E-state index in [0.717, 1.165) is 21.7 Å². The molecule has 0 aromatic carbocycles. The van der Waals surface area contributed by atoms with Crippen molar-refractivity contribution in [3.05, 3.63) is 20.8 Å². The van der Waals surface area contributed by atoms with E-state index in [1.165, 1.54) is 23.1 Å². The van der Waals surface area contributed by atoms with E-state index in [9.17, 15) is 9.59 Å². The quantitative estimate of drug-likeness (QED) is 0.417. The fourth-order valence-electron chi connectivity index (χ4n) is 2.78. The van der Waals surface area contributed by atoms with Crippen molar-refractivity contribution in [3.63, 3.8) is 0 Å². The molecule has 1 aliphatic heterocycles. The lowest BCUT2D eigenvalue weighted by atomic mass is 10.2. The van der Waals surface area contributed by atoms with Crippen molar-refractivity contribution in [1.29, 1.82) is 0 Å². The zero-order valence-corrected chi connectivity index (χ0v) is 16.3. The normalized spacial score (nSPS) is 17.4. The molecule has 0 spiro atoms. The lowest BCUT2D eigenvalue weighted by molar-refractivity contribution is -0.137. The second-order valence-electron chi connectivity index (χ2n) is 5.93. The van der Waals surface area contributed by atoms with Crippen LogP contribution in [0.4, 0.5) is 0 Å². The van der Waals surface area contributed by atoms with E-state index in [-0.39, 0.29) is 16.8 Å². The molecule has 0 N–H and O–H groups in total. The van der Waals surface area contributed by atoms with Crippen LogP contribution in [0.1, 0.15) is 30.2 Å². The van der Waals surface area contributed by atoms with Crippen LogP contribution in [0.15, 0.2) is 9.95 Å². The van der Waals surface area contributed by atoms with E-state index >= 15 is 0 Å². The maximum Gasteiger partial charge on any atom is 0.319 e. The summed E-state index contributed by atoms with van der Waals surface area (Å²) in [5, 5.41) is 1.00. The van der Waals surface area contributed by atoms with Gasteiger partial charge in [-0.1, -0.05) is 11.8 Å². The molecule has 136 valence electrons. The molecule has 0 aliphatic carbocycles. The van der Waals surface area contributed by atoms with Crippen LogP contribution >= 0.6 is 23.1 Å². The Balaban J connectivity index is 1.99. The van der Waals surface area contributed by atoms with Gasteiger partial charge in [-0.3, -0.25) is 14.2 Å². The Morgan fingerprint density at radius 3 is 2.88 bits per heavy atom. The zero-order chi connectivity index (χ0) is 18.0. The first-order valence-corrected chi connectivity index (χ1v) is 10.1. The maximum atomic E-state index is 13.1. The summed E-state index contributed by atoms with van der Waals surface area (Å²) in [5.74, 6) is -0.223. The molecule has 6 nitrogen and oxygen atoms in total. The van der Waals surface area contributed by atoms with Crippen molar-refractivity contribution in [3.8, 4) is 0 Å². The standard InChI is InChI=1S/C17H22N2O4S2/c1-4-22-8-5-7-19-15(20)13-10(2)11(3)24-14(13)18-17(19)25-12-6-9-23-16(12)21/h12H,4-9H2,1-3H3/t12-/m1/s1. The average molecular weight is 383 g/mol. The van der Waals surface area contributed by atoms with Gasteiger partial charge in [0, 0.05) is 31.1 Å². The molecule has 8 heteroatoms. The highest BCUT2D eigenvalue weighted by Gasteiger charge is 2.30. The Morgan fingerprint density at radius 1 is 1.40 bits per heavy atom. The van der Waals surface area contributed by atoms with Crippen LogP contribution in [0.5, 0.6) is 0 Å². The maximum absolute atomic E-state index is 13.1. The minimum Gasteiger partial charge on any atom is -0.465 e. The molecule has 25 heavy (non-hydrogen) atoms. The smallest absolute Gasteiger partial charge is 0.319 e. The summed E-state index contributed by atoms with van der Waals surface area (Å²) in [6, 6.07) is 0. The summed E-state index contributed by atoms with van der Waals surface area (Å²) in [5.41, 5.74) is 0.963. The number of fused-ring (bicyclic) bond motifs is 1. The number of carbonyl (C=O) groups is 1. The third kappa shape index (κ3) is 3.75. The molecule has 3 rings (SSSR count). The van der Waals surface area contributed by atoms with Crippen molar-refractivity contribution in [2.45, 2.75) is 50.6 Å². The predicted octanol–water partition coefficient (Wildman–Crippen LogP) is 2.91. The predicted molar refractivity (Wildman–Crippen MR) is 99.7 cm³/mol. The minimum atomic E-state index is -0.287. The molecule has 0 amide bonds. The highest BCUT2D eigenvalue weighted by atomic mass is 32.2. The monoisotopic (exact) mass is 382 g/mol. The number of nitrogens with zero attached hydrogens (tertiary/aromatic N) is 2. The SMILES string of the molecule is CCOCCCn1c(S[C@@H]2CCOC2=O)nc2sc(C)c(C)c2c1=O. The van der Waals surface area contributed by atoms with Gasteiger partial charge in [0.05, 0.1) is 12.0 Å². The van der Waals surface area contributed by atoms with Gasteiger partial charge in [-0.05, 0) is 32.8 Å². The molecule has 1 fully saturated rings. The van der Waals surface area contributed by atoms with Crippen molar-refractivity contribution >= 4 is 39.3 Å². The Kier molecular flexibility index (Phi) is 5.81. The van der Waals surface area contributed by atoms with E-state index in [2.05, 4.69) is 0 Å². The molecular formula is C17H22N2O4S2. The van der Waals surface area contributed by atoms with E-state index in [1.54, 1.807) is 4.57 Å². The number of thioether (sulfide) groups is 1. The third-order valence-electron chi connectivity index (χ3n) is 4.26. The lowest BCUT2D eigenvalue weighted by Gasteiger charge is -2.13. The van der Waals surface area contributed by atoms with E-state index in [1.807, 2.05) is 20.8 Å². The van der Waals surface area contributed by atoms with Crippen LogP contribution < -0.4 is 5.56 Å². The van der Waals surface area contributed by atoms with Gasteiger partial charge < -0.3 is 9.47 Å². The summed E-state index contributed by atoms with van der Waals surface area (Å²) >= 11 is 2.86. The van der Waals surface area contributed by atoms with Gasteiger partial charge >= 0.3 is 5.97 Å². The summed E-state index contributed by atoms with van der Waals surface area (Å²) in [6.45, 7) is 8.13. The van der Waals surface area contributed by atoms with Gasteiger partial charge in [-0.2, -0.15) is 0 Å². The molecule has 0 saturated carbocycles. The van der Waals surface area contributed by atoms with Crippen LogP contribution in [0.25, 0.3) is 10.2 Å². The van der Waals surface area contributed by atoms with Gasteiger partial charge in [-0.15, -0.1) is 11.3 Å². The first-order valence-electron chi connectivity index (χ1n) is 8.44. The number of cyclic esters (lactones) is 1. The van der Waals surface area contributed by atoms with Crippen molar-refractivity contribution < 1.29 is 14.3 Å². The number of thiophene rings is 1. The van der Waals surface area contributed by atoms with Gasteiger partial charge in [0.1, 0.15) is 10.1 Å². The van der Waals surface area contributed by atoms with E-state index in [4.69, 9.17) is 14.5 Å². The van der Waals surface area contributed by atoms with Gasteiger partial charge in [0.15, 0.2) is 5.16 Å². The fraction of sp³-hybridized carbons (Fsp3) is 0.588. The number of hydrogen-bond acceptors (Lipinski definition) is 7. The highest BCUT2D eigenvalue weighted by Crippen LogP contribution is 2.32. The van der Waals surface area contributed by atoms with Crippen LogP contribution in [0.3, 0.4) is 0 Å². The first-order chi connectivity index (χ1) is 12.0. The second-order valence-corrected chi connectivity index (χ2v) is 8.30. The molecule has 2 aromatic heterocycles. The van der Waals surface area contributed by atoms with Crippen LogP contribution in [-0.4, -0.2) is 40.6 Å². The molecule has 0 unspecified atom stereocenters. The Labute approximate surface area is 154 Å². The number of hydrogen-bond donors (Lipinski definition) is 0. The average Bonchev–Trinajstić information content (AvgIpc) is 3.10. The largest absolute Gasteiger partial charge is 0.465 e. The molecule has 0 radical (unpaired) electrons. The molecular weight excluding hydrogens is 360 g/mol.